The summed E-state index contributed by atoms with van der Waals surface area (Å²) in [4.78, 5) is 0. The van der Waals surface area contributed by atoms with Crippen molar-refractivity contribution in [3.05, 3.63) is 0 Å². The van der Waals surface area contributed by atoms with Crippen LogP contribution in [0, 0.1) is 10.8 Å². The molecule has 2 heteroatoms. The van der Waals surface area contributed by atoms with Crippen molar-refractivity contribution in [3.8, 4) is 0 Å². The van der Waals surface area contributed by atoms with Gasteiger partial charge in [-0.25, -0.2) is 0 Å². The average Bonchev–Trinajstić information content (AvgIpc) is 2.29. The second kappa shape index (κ2) is 4.91. The fraction of sp³-hybridized carbons (Fsp3) is 1.00. The molecule has 0 radical (unpaired) electrons. The van der Waals surface area contributed by atoms with E-state index in [0.29, 0.717) is 10.8 Å². The molecule has 0 aromatic carbocycles. The van der Waals surface area contributed by atoms with Crippen LogP contribution in [0.15, 0.2) is 0 Å². The van der Waals surface area contributed by atoms with E-state index in [-0.39, 0.29) is 0 Å². The molecule has 1 rings (SSSR count). The van der Waals surface area contributed by atoms with Crippen LogP contribution in [0.3, 0.4) is 0 Å². The maximum Gasteiger partial charge on any atom is 0.0398 e. The number of hydrogen-bond acceptors (Lipinski definition) is 2. The van der Waals surface area contributed by atoms with Gasteiger partial charge >= 0.3 is 0 Å². The van der Waals surface area contributed by atoms with E-state index in [0.717, 1.165) is 10.5 Å². The van der Waals surface area contributed by atoms with Crippen LogP contribution >= 0.6 is 23.5 Å². The van der Waals surface area contributed by atoms with Crippen molar-refractivity contribution in [1.82, 2.24) is 0 Å². The van der Waals surface area contributed by atoms with E-state index in [1.54, 1.807) is 0 Å². The Labute approximate surface area is 104 Å². The third-order valence-electron chi connectivity index (χ3n) is 2.61. The van der Waals surface area contributed by atoms with Crippen LogP contribution in [0.1, 0.15) is 54.4 Å². The van der Waals surface area contributed by atoms with E-state index in [9.17, 15) is 0 Å². The molecule has 1 aliphatic heterocycles. The van der Waals surface area contributed by atoms with Crippen LogP contribution in [0.5, 0.6) is 0 Å². The molecule has 0 aromatic rings. The molecule has 0 amide bonds. The van der Waals surface area contributed by atoms with Crippen molar-refractivity contribution in [2.24, 2.45) is 10.8 Å². The van der Waals surface area contributed by atoms with Gasteiger partial charge in [0.05, 0.1) is 0 Å². The summed E-state index contributed by atoms with van der Waals surface area (Å²) in [6.45, 7) is 14.2. The molecule has 1 saturated heterocycles. The van der Waals surface area contributed by atoms with E-state index < -0.39 is 0 Å². The van der Waals surface area contributed by atoms with Gasteiger partial charge in [-0.3, -0.25) is 0 Å². The highest BCUT2D eigenvalue weighted by Crippen LogP contribution is 2.46. The fourth-order valence-electron chi connectivity index (χ4n) is 2.02. The van der Waals surface area contributed by atoms with Crippen molar-refractivity contribution in [1.29, 1.82) is 0 Å². The first kappa shape index (κ1) is 13.8. The van der Waals surface area contributed by atoms with E-state index in [2.05, 4.69) is 65.1 Å². The molecule has 0 unspecified atom stereocenters. The average molecular weight is 246 g/mol. The van der Waals surface area contributed by atoms with Gasteiger partial charge < -0.3 is 0 Å². The lowest BCUT2D eigenvalue weighted by Crippen LogP contribution is -2.26. The standard InChI is InChI=1S/C13H26S2/c1-12(2,3)7-10-11(15-9-14-10)8-13(4,5)6/h10-11H,7-9H2,1-6H3/t10-,11-/m0/s1. The van der Waals surface area contributed by atoms with Crippen molar-refractivity contribution in [2.45, 2.75) is 64.9 Å². The first-order valence-electron chi connectivity index (χ1n) is 5.91. The number of rotatable bonds is 2. The van der Waals surface area contributed by atoms with E-state index in [4.69, 9.17) is 0 Å². The van der Waals surface area contributed by atoms with Gasteiger partial charge in [-0.15, -0.1) is 23.5 Å². The van der Waals surface area contributed by atoms with Gasteiger partial charge in [0, 0.05) is 15.6 Å². The summed E-state index contributed by atoms with van der Waals surface area (Å²) in [7, 11) is 0. The van der Waals surface area contributed by atoms with Crippen LogP contribution in [-0.2, 0) is 0 Å². The summed E-state index contributed by atoms with van der Waals surface area (Å²) in [5.74, 6) is 0. The lowest BCUT2D eigenvalue weighted by atomic mass is 9.84. The molecule has 0 nitrogen and oxygen atoms in total. The van der Waals surface area contributed by atoms with Crippen LogP contribution in [0.4, 0.5) is 0 Å². The Balaban J connectivity index is 2.50. The minimum atomic E-state index is 0.485. The third-order valence-corrected chi connectivity index (χ3v) is 5.71. The largest absolute Gasteiger partial charge is 0.146 e. The second-order valence-electron chi connectivity index (χ2n) is 7.06. The molecule has 2 atom stereocenters. The van der Waals surface area contributed by atoms with E-state index in [1.807, 2.05) is 0 Å². The third kappa shape index (κ3) is 5.53. The molecule has 1 heterocycles. The molecule has 0 aliphatic carbocycles. The Morgan fingerprint density at radius 3 is 1.40 bits per heavy atom. The predicted octanol–water partition coefficient (Wildman–Crippen LogP) is 5.03. The molecule has 1 aliphatic rings. The maximum absolute atomic E-state index is 2.37. The normalized spacial score (nSPS) is 28.4. The van der Waals surface area contributed by atoms with Crippen LogP contribution in [0.2, 0.25) is 0 Å². The topological polar surface area (TPSA) is 0 Å². The molecule has 1 fully saturated rings. The molecule has 0 bridgehead atoms. The Bertz CT molecular complexity index is 176. The minimum Gasteiger partial charge on any atom is -0.146 e. The molecule has 0 N–H and O–H groups in total. The number of hydrogen-bond donors (Lipinski definition) is 0. The summed E-state index contributed by atoms with van der Waals surface area (Å²) in [6.07, 6.45) is 2.73. The fourth-order valence-corrected chi connectivity index (χ4v) is 6.06. The lowest BCUT2D eigenvalue weighted by Gasteiger charge is -2.30. The highest BCUT2D eigenvalue weighted by molar-refractivity contribution is 8.19. The van der Waals surface area contributed by atoms with Gasteiger partial charge in [0.15, 0.2) is 0 Å². The quantitative estimate of drug-likeness (QED) is 0.670. The first-order valence-corrected chi connectivity index (χ1v) is 8.00. The van der Waals surface area contributed by atoms with Gasteiger partial charge in [0.1, 0.15) is 0 Å². The van der Waals surface area contributed by atoms with Gasteiger partial charge in [-0.05, 0) is 23.7 Å². The summed E-state index contributed by atoms with van der Waals surface area (Å²) in [5, 5.41) is 3.07. The van der Waals surface area contributed by atoms with Crippen molar-refractivity contribution in [3.63, 3.8) is 0 Å². The van der Waals surface area contributed by atoms with Gasteiger partial charge in [-0.2, -0.15) is 0 Å². The zero-order valence-electron chi connectivity index (χ0n) is 11.1. The monoisotopic (exact) mass is 246 g/mol. The van der Waals surface area contributed by atoms with Crippen LogP contribution in [-0.4, -0.2) is 15.6 Å². The van der Waals surface area contributed by atoms with Crippen molar-refractivity contribution < 1.29 is 0 Å². The lowest BCUT2D eigenvalue weighted by molar-refractivity contribution is 0.331. The molecule has 0 spiro atoms. The summed E-state index contributed by atoms with van der Waals surface area (Å²) in [6, 6.07) is 0. The maximum atomic E-state index is 2.37. The Kier molecular flexibility index (Phi) is 4.51. The molecular weight excluding hydrogens is 220 g/mol. The molecule has 90 valence electrons. The van der Waals surface area contributed by atoms with E-state index >= 15 is 0 Å². The second-order valence-corrected chi connectivity index (χ2v) is 9.88. The Morgan fingerprint density at radius 2 is 1.13 bits per heavy atom. The zero-order valence-corrected chi connectivity index (χ0v) is 12.7. The molecule has 0 aromatic heterocycles. The number of thioether (sulfide) groups is 2. The summed E-state index contributed by atoms with van der Waals surface area (Å²) >= 11 is 4.36. The smallest absolute Gasteiger partial charge is 0.0398 e. The zero-order chi connectivity index (χ0) is 11.7. The molecule has 0 saturated carbocycles. The van der Waals surface area contributed by atoms with Crippen LogP contribution in [0.25, 0.3) is 0 Å². The molecular formula is C13H26S2. The van der Waals surface area contributed by atoms with Gasteiger partial charge in [0.2, 0.25) is 0 Å². The van der Waals surface area contributed by atoms with Crippen molar-refractivity contribution in [2.75, 3.05) is 5.08 Å². The van der Waals surface area contributed by atoms with Crippen molar-refractivity contribution >= 4 is 23.5 Å². The minimum absolute atomic E-state index is 0.485. The van der Waals surface area contributed by atoms with E-state index in [1.165, 1.54) is 17.9 Å². The highest BCUT2D eigenvalue weighted by Gasteiger charge is 2.34. The summed E-state index contributed by atoms with van der Waals surface area (Å²) in [5.41, 5.74) is 0.970. The molecule has 15 heavy (non-hydrogen) atoms. The SMILES string of the molecule is CC(C)(C)C[C@@H]1SCS[C@H]1CC(C)(C)C. The van der Waals surface area contributed by atoms with Gasteiger partial charge in [0.25, 0.3) is 0 Å². The Hall–Kier alpha value is 0.700. The van der Waals surface area contributed by atoms with Gasteiger partial charge in [-0.1, -0.05) is 41.5 Å². The highest BCUT2D eigenvalue weighted by atomic mass is 32.2. The Morgan fingerprint density at radius 1 is 0.800 bits per heavy atom. The predicted molar refractivity (Wildman–Crippen MR) is 75.8 cm³/mol. The first-order chi connectivity index (χ1) is 6.67. The summed E-state index contributed by atoms with van der Waals surface area (Å²) < 4.78 is 0. The van der Waals surface area contributed by atoms with Crippen LogP contribution < -0.4 is 0 Å².